The summed E-state index contributed by atoms with van der Waals surface area (Å²) in [5.74, 6) is 0.132. The van der Waals surface area contributed by atoms with E-state index in [2.05, 4.69) is 0 Å². The molecule has 3 rings (SSSR count). The smallest absolute Gasteiger partial charge is 0.289 e. The number of benzene rings is 1. The number of furan rings is 1. The third kappa shape index (κ3) is 3.52. The second-order valence-electron chi connectivity index (χ2n) is 5.87. The van der Waals surface area contributed by atoms with E-state index in [1.54, 1.807) is 23.1 Å². The van der Waals surface area contributed by atoms with E-state index in [4.69, 9.17) is 4.42 Å². The Bertz CT molecular complexity index is 806. The second-order valence-corrected chi connectivity index (χ2v) is 7.83. The Balaban J connectivity index is 1.62. The second kappa shape index (κ2) is 6.78. The quantitative estimate of drug-likeness (QED) is 0.846. The number of piperazine rings is 1. The van der Waals surface area contributed by atoms with Crippen molar-refractivity contribution < 1.29 is 17.6 Å². The first-order valence-corrected chi connectivity index (χ1v) is 9.43. The Hall–Kier alpha value is -2.12. The van der Waals surface area contributed by atoms with Crippen LogP contribution >= 0.6 is 0 Å². The molecule has 1 amide bonds. The van der Waals surface area contributed by atoms with Crippen molar-refractivity contribution in [2.45, 2.75) is 12.7 Å². The lowest BCUT2D eigenvalue weighted by atomic mass is 10.2. The molecule has 1 aliphatic heterocycles. The first-order valence-electron chi connectivity index (χ1n) is 7.82. The molecule has 0 N–H and O–H groups in total. The normalized spacial score (nSPS) is 16.3. The lowest BCUT2D eigenvalue weighted by Gasteiger charge is -2.33. The number of carbonyl (C=O) groups is 1. The Morgan fingerprint density at radius 3 is 2.33 bits per heavy atom. The van der Waals surface area contributed by atoms with Crippen LogP contribution in [0.15, 0.2) is 47.1 Å². The number of amides is 1. The van der Waals surface area contributed by atoms with Gasteiger partial charge in [-0.1, -0.05) is 30.3 Å². The monoisotopic (exact) mass is 348 g/mol. The Morgan fingerprint density at radius 1 is 1.08 bits per heavy atom. The lowest BCUT2D eigenvalue weighted by Crippen LogP contribution is -2.50. The molecule has 0 radical (unpaired) electrons. The zero-order chi connectivity index (χ0) is 17.2. The fraction of sp³-hybridized carbons (Fsp3) is 0.353. The van der Waals surface area contributed by atoms with Gasteiger partial charge in [-0.05, 0) is 18.6 Å². The highest BCUT2D eigenvalue weighted by Gasteiger charge is 2.30. The summed E-state index contributed by atoms with van der Waals surface area (Å²) < 4.78 is 31.7. The Kier molecular flexibility index (Phi) is 4.73. The van der Waals surface area contributed by atoms with Crippen LogP contribution in [-0.2, 0) is 15.8 Å². The average Bonchev–Trinajstić information content (AvgIpc) is 3.01. The van der Waals surface area contributed by atoms with Crippen LogP contribution in [0.25, 0.3) is 0 Å². The van der Waals surface area contributed by atoms with Gasteiger partial charge < -0.3 is 9.32 Å². The molecule has 0 saturated carbocycles. The molecular weight excluding hydrogens is 328 g/mol. The van der Waals surface area contributed by atoms with Crippen molar-refractivity contribution in [2.24, 2.45) is 0 Å². The number of nitrogens with zero attached hydrogens (tertiary/aromatic N) is 2. The van der Waals surface area contributed by atoms with Crippen molar-refractivity contribution in [1.82, 2.24) is 9.21 Å². The van der Waals surface area contributed by atoms with Crippen LogP contribution < -0.4 is 0 Å². The summed E-state index contributed by atoms with van der Waals surface area (Å²) in [5.41, 5.74) is 1.56. The molecule has 6 nitrogen and oxygen atoms in total. The first-order chi connectivity index (χ1) is 11.5. The molecule has 2 heterocycles. The van der Waals surface area contributed by atoms with Gasteiger partial charge in [-0.15, -0.1) is 0 Å². The third-order valence-corrected chi connectivity index (χ3v) is 6.02. The van der Waals surface area contributed by atoms with Gasteiger partial charge in [0.1, 0.15) is 0 Å². The van der Waals surface area contributed by atoms with E-state index in [1.165, 1.54) is 10.6 Å². The number of sulfonamides is 1. The van der Waals surface area contributed by atoms with E-state index < -0.39 is 10.0 Å². The molecule has 0 bridgehead atoms. The van der Waals surface area contributed by atoms with E-state index >= 15 is 0 Å². The standard InChI is InChI=1S/C17H20N2O4S/c1-14-7-12-23-16(14)17(20)18-8-10-19(11-9-18)24(21,22)13-15-5-3-2-4-6-15/h2-7,12H,8-11,13H2,1H3. The minimum atomic E-state index is -3.38. The number of rotatable bonds is 4. The van der Waals surface area contributed by atoms with Crippen molar-refractivity contribution in [3.63, 3.8) is 0 Å². The molecular formula is C17H20N2O4S. The van der Waals surface area contributed by atoms with Crippen molar-refractivity contribution >= 4 is 15.9 Å². The maximum absolute atomic E-state index is 12.5. The van der Waals surface area contributed by atoms with Crippen molar-refractivity contribution in [2.75, 3.05) is 26.2 Å². The van der Waals surface area contributed by atoms with Crippen molar-refractivity contribution in [1.29, 1.82) is 0 Å². The van der Waals surface area contributed by atoms with E-state index in [0.717, 1.165) is 11.1 Å². The van der Waals surface area contributed by atoms with Gasteiger partial charge in [0, 0.05) is 31.7 Å². The minimum Gasteiger partial charge on any atom is -0.459 e. The largest absolute Gasteiger partial charge is 0.459 e. The Morgan fingerprint density at radius 2 is 1.75 bits per heavy atom. The van der Waals surface area contributed by atoms with Crippen LogP contribution in [0.5, 0.6) is 0 Å². The van der Waals surface area contributed by atoms with E-state index in [9.17, 15) is 13.2 Å². The summed E-state index contributed by atoms with van der Waals surface area (Å²) >= 11 is 0. The summed E-state index contributed by atoms with van der Waals surface area (Å²) in [6, 6.07) is 10.9. The van der Waals surface area contributed by atoms with Crippen LogP contribution in [0, 0.1) is 6.92 Å². The van der Waals surface area contributed by atoms with Gasteiger partial charge in [0.25, 0.3) is 5.91 Å². The van der Waals surface area contributed by atoms with Gasteiger partial charge in [-0.3, -0.25) is 4.79 Å². The van der Waals surface area contributed by atoms with Gasteiger partial charge in [-0.25, -0.2) is 8.42 Å². The molecule has 1 aromatic heterocycles. The predicted molar refractivity (Wildman–Crippen MR) is 90.0 cm³/mol. The SMILES string of the molecule is Cc1ccoc1C(=O)N1CCN(S(=O)(=O)Cc2ccccc2)CC1. The maximum Gasteiger partial charge on any atom is 0.289 e. The summed E-state index contributed by atoms with van der Waals surface area (Å²) in [4.78, 5) is 14.0. The van der Waals surface area contributed by atoms with Gasteiger partial charge in [0.2, 0.25) is 10.0 Å². The van der Waals surface area contributed by atoms with Crippen molar-refractivity contribution in [3.05, 3.63) is 59.5 Å². The van der Waals surface area contributed by atoms with Crippen LogP contribution in [-0.4, -0.2) is 49.7 Å². The summed E-state index contributed by atoms with van der Waals surface area (Å²) in [6.45, 7) is 3.17. The number of hydrogen-bond donors (Lipinski definition) is 0. The minimum absolute atomic E-state index is 0.0148. The topological polar surface area (TPSA) is 70.8 Å². The summed E-state index contributed by atoms with van der Waals surface area (Å²) in [7, 11) is -3.38. The average molecular weight is 348 g/mol. The van der Waals surface area contributed by atoms with Crippen LogP contribution in [0.1, 0.15) is 21.7 Å². The highest BCUT2D eigenvalue weighted by Crippen LogP contribution is 2.17. The first kappa shape index (κ1) is 16.7. The molecule has 1 aromatic carbocycles. The van der Waals surface area contributed by atoms with Crippen LogP contribution in [0.2, 0.25) is 0 Å². The van der Waals surface area contributed by atoms with E-state index in [1.807, 2.05) is 25.1 Å². The van der Waals surface area contributed by atoms with Gasteiger partial charge in [-0.2, -0.15) is 4.31 Å². The molecule has 0 atom stereocenters. The number of aryl methyl sites for hydroxylation is 1. The molecule has 1 aliphatic rings. The Labute approximate surface area is 141 Å². The summed E-state index contributed by atoms with van der Waals surface area (Å²) in [6.07, 6.45) is 1.49. The van der Waals surface area contributed by atoms with E-state index in [0.29, 0.717) is 31.9 Å². The molecule has 0 spiro atoms. The van der Waals surface area contributed by atoms with Gasteiger partial charge in [0.05, 0.1) is 12.0 Å². The number of carbonyl (C=O) groups excluding carboxylic acids is 1. The van der Waals surface area contributed by atoms with Crippen molar-refractivity contribution in [3.8, 4) is 0 Å². The lowest BCUT2D eigenvalue weighted by molar-refractivity contribution is 0.0665. The molecule has 0 aliphatic carbocycles. The maximum atomic E-state index is 12.5. The third-order valence-electron chi connectivity index (χ3n) is 4.17. The predicted octanol–water partition coefficient (Wildman–Crippen LogP) is 1.88. The highest BCUT2D eigenvalue weighted by molar-refractivity contribution is 7.88. The molecule has 7 heteroatoms. The van der Waals surface area contributed by atoms with Crippen LogP contribution in [0.4, 0.5) is 0 Å². The van der Waals surface area contributed by atoms with E-state index in [-0.39, 0.29) is 11.7 Å². The van der Waals surface area contributed by atoms with Gasteiger partial charge >= 0.3 is 0 Å². The van der Waals surface area contributed by atoms with Gasteiger partial charge in [0.15, 0.2) is 5.76 Å². The summed E-state index contributed by atoms with van der Waals surface area (Å²) in [5, 5.41) is 0. The molecule has 128 valence electrons. The molecule has 0 unspecified atom stereocenters. The fourth-order valence-electron chi connectivity index (χ4n) is 2.78. The zero-order valence-corrected chi connectivity index (χ0v) is 14.3. The van der Waals surface area contributed by atoms with Crippen LogP contribution in [0.3, 0.4) is 0 Å². The highest BCUT2D eigenvalue weighted by atomic mass is 32.2. The zero-order valence-electron chi connectivity index (χ0n) is 13.5. The molecule has 1 fully saturated rings. The fourth-order valence-corrected chi connectivity index (χ4v) is 4.30. The molecule has 1 saturated heterocycles. The number of hydrogen-bond acceptors (Lipinski definition) is 4. The molecule has 24 heavy (non-hydrogen) atoms. The molecule has 2 aromatic rings.